The highest BCUT2D eigenvalue weighted by molar-refractivity contribution is 7.80. The number of H-pyrrole nitrogens is 1. The topological polar surface area (TPSA) is 61.0 Å². The summed E-state index contributed by atoms with van der Waals surface area (Å²) in [6, 6.07) is 20.3. The minimum Gasteiger partial charge on any atom is -0.356 e. The summed E-state index contributed by atoms with van der Waals surface area (Å²) in [7, 11) is 0. The molecule has 0 aliphatic rings. The number of aryl methyl sites for hydroxylation is 2. The van der Waals surface area contributed by atoms with E-state index in [0.717, 1.165) is 33.2 Å². The zero-order chi connectivity index (χ0) is 23.4. The Morgan fingerprint density at radius 3 is 2.61 bits per heavy atom. The fourth-order valence-electron chi connectivity index (χ4n) is 4.05. The maximum Gasteiger partial charge on any atom is 0.253 e. The molecule has 0 saturated heterocycles. The van der Waals surface area contributed by atoms with Crippen molar-refractivity contribution in [3.63, 3.8) is 0 Å². The standard InChI is InChI=1S/C27H28N4OS/c1-18-12-19(2)24-14-23(26(32)30-25(24)13-18)17-31(16-21-8-7-11-28-15-21)27(33)29-20(3)22-9-5-4-6-10-22/h4-15,20H,16-17H2,1-3H3,(H,29,33)(H,30,32). The van der Waals surface area contributed by atoms with E-state index in [1.54, 1.807) is 6.20 Å². The van der Waals surface area contributed by atoms with E-state index in [0.29, 0.717) is 23.8 Å². The van der Waals surface area contributed by atoms with Crippen LogP contribution in [-0.4, -0.2) is 20.0 Å². The van der Waals surface area contributed by atoms with Gasteiger partial charge in [0.15, 0.2) is 5.11 Å². The van der Waals surface area contributed by atoms with Crippen molar-refractivity contribution >= 4 is 28.2 Å². The molecule has 0 bridgehead atoms. The molecule has 4 aromatic rings. The zero-order valence-electron chi connectivity index (χ0n) is 19.1. The average Bonchev–Trinajstić information content (AvgIpc) is 2.80. The quantitative estimate of drug-likeness (QED) is 0.392. The Balaban J connectivity index is 1.64. The smallest absolute Gasteiger partial charge is 0.253 e. The first-order chi connectivity index (χ1) is 15.9. The number of pyridine rings is 2. The second-order valence-corrected chi connectivity index (χ2v) is 8.85. The summed E-state index contributed by atoms with van der Waals surface area (Å²) in [6.07, 6.45) is 3.58. The summed E-state index contributed by atoms with van der Waals surface area (Å²) >= 11 is 5.81. The van der Waals surface area contributed by atoms with Gasteiger partial charge in [-0.2, -0.15) is 0 Å². The Morgan fingerprint density at radius 1 is 1.09 bits per heavy atom. The molecule has 2 N–H and O–H groups in total. The molecule has 2 aromatic carbocycles. The molecule has 6 heteroatoms. The van der Waals surface area contributed by atoms with Crippen molar-refractivity contribution in [1.82, 2.24) is 20.2 Å². The third kappa shape index (κ3) is 5.46. The van der Waals surface area contributed by atoms with Crippen molar-refractivity contribution in [3.8, 4) is 0 Å². The van der Waals surface area contributed by atoms with Crippen molar-refractivity contribution < 1.29 is 0 Å². The fraction of sp³-hybridized carbons (Fsp3) is 0.222. The number of hydrogen-bond acceptors (Lipinski definition) is 3. The Morgan fingerprint density at radius 2 is 1.88 bits per heavy atom. The van der Waals surface area contributed by atoms with Crippen molar-refractivity contribution in [2.24, 2.45) is 0 Å². The Hall–Kier alpha value is -3.51. The first kappa shape index (κ1) is 22.7. The van der Waals surface area contributed by atoms with Crippen LogP contribution in [0.5, 0.6) is 0 Å². The normalized spacial score (nSPS) is 11.8. The summed E-state index contributed by atoms with van der Waals surface area (Å²) in [6.45, 7) is 7.12. The molecule has 5 nitrogen and oxygen atoms in total. The highest BCUT2D eigenvalue weighted by Crippen LogP contribution is 2.20. The zero-order valence-corrected chi connectivity index (χ0v) is 19.9. The van der Waals surface area contributed by atoms with Gasteiger partial charge in [0.25, 0.3) is 5.56 Å². The summed E-state index contributed by atoms with van der Waals surface area (Å²) in [5, 5.41) is 5.08. The molecule has 0 fully saturated rings. The van der Waals surface area contributed by atoms with Crippen molar-refractivity contribution in [2.75, 3.05) is 0 Å². The van der Waals surface area contributed by atoms with Gasteiger partial charge in [0.1, 0.15) is 0 Å². The second kappa shape index (κ2) is 9.96. The van der Waals surface area contributed by atoms with Gasteiger partial charge in [-0.1, -0.05) is 42.5 Å². The van der Waals surface area contributed by atoms with E-state index < -0.39 is 0 Å². The highest BCUT2D eigenvalue weighted by Gasteiger charge is 2.17. The summed E-state index contributed by atoms with van der Waals surface area (Å²) in [5.41, 5.74) is 5.88. The van der Waals surface area contributed by atoms with Gasteiger partial charge in [-0.3, -0.25) is 9.78 Å². The van der Waals surface area contributed by atoms with Crippen LogP contribution in [0.4, 0.5) is 0 Å². The average molecular weight is 457 g/mol. The predicted octanol–water partition coefficient (Wildman–Crippen LogP) is 5.18. The minimum absolute atomic E-state index is 0.0372. The van der Waals surface area contributed by atoms with Gasteiger partial charge in [0.2, 0.25) is 0 Å². The van der Waals surface area contributed by atoms with E-state index in [2.05, 4.69) is 47.3 Å². The monoisotopic (exact) mass is 456 g/mol. The Labute approximate surface area is 199 Å². The van der Waals surface area contributed by atoms with Crippen LogP contribution in [0.2, 0.25) is 0 Å². The number of rotatable bonds is 6. The molecule has 2 aromatic heterocycles. The van der Waals surface area contributed by atoms with Crippen LogP contribution in [0.1, 0.15) is 40.8 Å². The summed E-state index contributed by atoms with van der Waals surface area (Å²) in [4.78, 5) is 22.3. The van der Waals surface area contributed by atoms with Crippen molar-refractivity contribution in [1.29, 1.82) is 0 Å². The summed E-state index contributed by atoms with van der Waals surface area (Å²) in [5.74, 6) is 0. The lowest BCUT2D eigenvalue weighted by Gasteiger charge is -2.28. The molecule has 0 amide bonds. The van der Waals surface area contributed by atoms with Gasteiger partial charge in [-0.25, -0.2) is 0 Å². The Bertz CT molecular complexity index is 1320. The van der Waals surface area contributed by atoms with Crippen LogP contribution in [0.25, 0.3) is 10.9 Å². The molecule has 0 saturated carbocycles. The van der Waals surface area contributed by atoms with E-state index in [-0.39, 0.29) is 11.6 Å². The number of nitrogens with one attached hydrogen (secondary N) is 2. The number of aromatic nitrogens is 2. The lowest BCUT2D eigenvalue weighted by Crippen LogP contribution is -2.41. The lowest BCUT2D eigenvalue weighted by atomic mass is 10.0. The third-order valence-corrected chi connectivity index (χ3v) is 6.15. The fourth-order valence-corrected chi connectivity index (χ4v) is 4.36. The van der Waals surface area contributed by atoms with Crippen molar-refractivity contribution in [2.45, 2.75) is 39.9 Å². The number of hydrogen-bond donors (Lipinski definition) is 2. The lowest BCUT2D eigenvalue weighted by molar-refractivity contribution is 0.391. The van der Waals surface area contributed by atoms with Crippen LogP contribution in [0.15, 0.2) is 77.9 Å². The van der Waals surface area contributed by atoms with E-state index in [4.69, 9.17) is 12.2 Å². The first-order valence-electron chi connectivity index (χ1n) is 11.0. The molecule has 168 valence electrons. The first-order valence-corrected chi connectivity index (χ1v) is 11.4. The Kier molecular flexibility index (Phi) is 6.84. The van der Waals surface area contributed by atoms with E-state index in [1.165, 1.54) is 0 Å². The van der Waals surface area contributed by atoms with Gasteiger partial charge < -0.3 is 15.2 Å². The van der Waals surface area contributed by atoms with E-state index in [9.17, 15) is 4.79 Å². The molecule has 0 radical (unpaired) electrons. The summed E-state index contributed by atoms with van der Waals surface area (Å²) < 4.78 is 0. The minimum atomic E-state index is -0.0948. The molecule has 0 aliphatic carbocycles. The molecule has 33 heavy (non-hydrogen) atoms. The van der Waals surface area contributed by atoms with Crippen LogP contribution >= 0.6 is 12.2 Å². The number of nitrogens with zero attached hydrogens (tertiary/aromatic N) is 2. The second-order valence-electron chi connectivity index (χ2n) is 8.47. The largest absolute Gasteiger partial charge is 0.356 e. The molecular formula is C27H28N4OS. The molecule has 1 unspecified atom stereocenters. The van der Waals surface area contributed by atoms with Gasteiger partial charge in [0, 0.05) is 35.4 Å². The molecule has 2 heterocycles. The van der Waals surface area contributed by atoms with E-state index >= 15 is 0 Å². The third-order valence-electron chi connectivity index (χ3n) is 5.77. The number of fused-ring (bicyclic) bond motifs is 1. The maximum atomic E-state index is 13.0. The molecule has 0 spiro atoms. The van der Waals surface area contributed by atoms with Crippen LogP contribution in [0, 0.1) is 13.8 Å². The number of aromatic amines is 1. The van der Waals surface area contributed by atoms with Gasteiger partial charge in [0.05, 0.1) is 12.6 Å². The van der Waals surface area contributed by atoms with Gasteiger partial charge >= 0.3 is 0 Å². The van der Waals surface area contributed by atoms with Crippen molar-refractivity contribution in [3.05, 3.63) is 111 Å². The molecule has 1 atom stereocenters. The number of thiocarbonyl (C=S) groups is 1. The van der Waals surface area contributed by atoms with Crippen LogP contribution < -0.4 is 10.9 Å². The van der Waals surface area contributed by atoms with Crippen LogP contribution in [-0.2, 0) is 13.1 Å². The highest BCUT2D eigenvalue weighted by atomic mass is 32.1. The predicted molar refractivity (Wildman–Crippen MR) is 138 cm³/mol. The number of benzene rings is 2. The maximum absolute atomic E-state index is 13.0. The molecular weight excluding hydrogens is 428 g/mol. The molecule has 0 aliphatic heterocycles. The van der Waals surface area contributed by atoms with E-state index in [1.807, 2.05) is 60.5 Å². The SMILES string of the molecule is Cc1cc(C)c2cc(CN(Cc3cccnc3)C(=S)NC(C)c3ccccc3)c(=O)[nH]c2c1. The van der Waals surface area contributed by atoms with Gasteiger partial charge in [-0.05, 0) is 73.4 Å². The molecule has 4 rings (SSSR count). The van der Waals surface area contributed by atoms with Gasteiger partial charge in [-0.15, -0.1) is 0 Å². The van der Waals surface area contributed by atoms with Crippen LogP contribution in [0.3, 0.4) is 0 Å².